The van der Waals surface area contributed by atoms with E-state index >= 15 is 0 Å². The highest BCUT2D eigenvalue weighted by atomic mass is 19.1. The lowest BCUT2D eigenvalue weighted by Gasteiger charge is -2.00. The van der Waals surface area contributed by atoms with Crippen LogP contribution in [0.1, 0.15) is 18.4 Å². The van der Waals surface area contributed by atoms with Gasteiger partial charge in [0.2, 0.25) is 0 Å². The molecular weight excluding hydrogens is 177 g/mol. The minimum atomic E-state index is -0.153. The van der Waals surface area contributed by atoms with Crippen molar-refractivity contribution in [3.8, 4) is 0 Å². The van der Waals surface area contributed by atoms with E-state index in [0.717, 1.165) is 24.8 Å². The van der Waals surface area contributed by atoms with Crippen molar-refractivity contribution >= 4 is 0 Å². The predicted molar refractivity (Wildman–Crippen MR) is 55.4 cm³/mol. The van der Waals surface area contributed by atoms with Gasteiger partial charge in [-0.25, -0.2) is 4.39 Å². The van der Waals surface area contributed by atoms with Crippen LogP contribution in [0.3, 0.4) is 0 Å². The van der Waals surface area contributed by atoms with E-state index in [0.29, 0.717) is 0 Å². The molecule has 76 valence electrons. The maximum Gasteiger partial charge on any atom is 0.123 e. The van der Waals surface area contributed by atoms with Crippen LogP contribution in [-0.4, -0.2) is 6.54 Å². The zero-order valence-electron chi connectivity index (χ0n) is 8.25. The highest BCUT2D eigenvalue weighted by Crippen LogP contribution is 2.40. The average molecular weight is 193 g/mol. The summed E-state index contributed by atoms with van der Waals surface area (Å²) in [6.45, 7) is 0.827. The molecule has 0 aliphatic heterocycles. The smallest absolute Gasteiger partial charge is 0.123 e. The van der Waals surface area contributed by atoms with Crippen LogP contribution in [-0.2, 0) is 6.42 Å². The molecule has 2 unspecified atom stereocenters. The van der Waals surface area contributed by atoms with Crippen molar-refractivity contribution in [1.29, 1.82) is 0 Å². The van der Waals surface area contributed by atoms with Crippen LogP contribution in [0.5, 0.6) is 0 Å². The van der Waals surface area contributed by atoms with Gasteiger partial charge in [-0.3, -0.25) is 0 Å². The molecule has 2 N–H and O–H groups in total. The highest BCUT2D eigenvalue weighted by molar-refractivity contribution is 5.16. The molecule has 0 amide bonds. The maximum atomic E-state index is 12.6. The van der Waals surface area contributed by atoms with Gasteiger partial charge >= 0.3 is 0 Å². The standard InChI is InChI=1S/C12H16FN/c13-12-5-2-9(3-6-12)1-4-10-7-11(10)8-14/h2-3,5-6,10-11H,1,4,7-8,14H2. The molecule has 0 saturated heterocycles. The van der Waals surface area contributed by atoms with Gasteiger partial charge in [-0.15, -0.1) is 0 Å². The van der Waals surface area contributed by atoms with Crippen molar-refractivity contribution in [3.63, 3.8) is 0 Å². The van der Waals surface area contributed by atoms with Crippen LogP contribution in [0, 0.1) is 17.7 Å². The van der Waals surface area contributed by atoms with Crippen LogP contribution in [0.2, 0.25) is 0 Å². The number of benzene rings is 1. The summed E-state index contributed by atoms with van der Waals surface area (Å²) < 4.78 is 12.6. The molecule has 0 spiro atoms. The SMILES string of the molecule is NCC1CC1CCc1ccc(F)cc1. The lowest BCUT2D eigenvalue weighted by molar-refractivity contribution is 0.623. The van der Waals surface area contributed by atoms with E-state index < -0.39 is 0 Å². The van der Waals surface area contributed by atoms with Gasteiger partial charge in [0.1, 0.15) is 5.82 Å². The van der Waals surface area contributed by atoms with Crippen molar-refractivity contribution in [2.45, 2.75) is 19.3 Å². The first kappa shape index (κ1) is 9.66. The van der Waals surface area contributed by atoms with Gasteiger partial charge in [0.15, 0.2) is 0 Å². The number of aryl methyl sites for hydroxylation is 1. The highest BCUT2D eigenvalue weighted by Gasteiger charge is 2.34. The Hall–Kier alpha value is -0.890. The van der Waals surface area contributed by atoms with Gasteiger partial charge in [0.25, 0.3) is 0 Å². The molecule has 2 atom stereocenters. The lowest BCUT2D eigenvalue weighted by atomic mass is 10.1. The van der Waals surface area contributed by atoms with Crippen molar-refractivity contribution in [2.75, 3.05) is 6.54 Å². The van der Waals surface area contributed by atoms with Crippen LogP contribution in [0.4, 0.5) is 4.39 Å². The zero-order valence-corrected chi connectivity index (χ0v) is 8.25. The number of halogens is 1. The summed E-state index contributed by atoms with van der Waals surface area (Å²) in [6.07, 6.45) is 3.55. The zero-order chi connectivity index (χ0) is 9.97. The predicted octanol–water partition coefficient (Wildman–Crippen LogP) is 2.35. The Balaban J connectivity index is 1.78. The van der Waals surface area contributed by atoms with Crippen LogP contribution in [0.25, 0.3) is 0 Å². The van der Waals surface area contributed by atoms with E-state index in [4.69, 9.17) is 5.73 Å². The average Bonchev–Trinajstić information content (AvgIpc) is 2.96. The van der Waals surface area contributed by atoms with Crippen molar-refractivity contribution in [3.05, 3.63) is 35.6 Å². The second-order valence-electron chi connectivity index (χ2n) is 4.16. The fraction of sp³-hybridized carbons (Fsp3) is 0.500. The van der Waals surface area contributed by atoms with Gasteiger partial charge in [0.05, 0.1) is 0 Å². The molecular formula is C12H16FN. The quantitative estimate of drug-likeness (QED) is 0.780. The maximum absolute atomic E-state index is 12.6. The number of hydrogen-bond acceptors (Lipinski definition) is 1. The van der Waals surface area contributed by atoms with Crippen molar-refractivity contribution in [2.24, 2.45) is 17.6 Å². The van der Waals surface area contributed by atoms with Crippen LogP contribution in [0.15, 0.2) is 24.3 Å². The Kier molecular flexibility index (Phi) is 2.82. The first-order valence-electron chi connectivity index (χ1n) is 5.24. The van der Waals surface area contributed by atoms with E-state index in [9.17, 15) is 4.39 Å². The molecule has 1 aliphatic carbocycles. The van der Waals surface area contributed by atoms with Gasteiger partial charge < -0.3 is 5.73 Å². The lowest BCUT2D eigenvalue weighted by Crippen LogP contribution is -2.02. The topological polar surface area (TPSA) is 26.0 Å². The largest absolute Gasteiger partial charge is 0.330 e. The summed E-state index contributed by atoms with van der Waals surface area (Å²) in [6, 6.07) is 6.80. The molecule has 1 fully saturated rings. The Morgan fingerprint density at radius 2 is 1.93 bits per heavy atom. The van der Waals surface area contributed by atoms with E-state index in [-0.39, 0.29) is 5.82 Å². The van der Waals surface area contributed by atoms with E-state index in [1.807, 2.05) is 12.1 Å². The van der Waals surface area contributed by atoms with E-state index in [2.05, 4.69) is 0 Å². The van der Waals surface area contributed by atoms with Gasteiger partial charge in [-0.2, -0.15) is 0 Å². The van der Waals surface area contributed by atoms with Gasteiger partial charge in [-0.1, -0.05) is 12.1 Å². The molecule has 2 heteroatoms. The molecule has 1 aromatic rings. The second-order valence-corrected chi connectivity index (χ2v) is 4.16. The first-order chi connectivity index (χ1) is 6.79. The molecule has 2 rings (SSSR count). The fourth-order valence-corrected chi connectivity index (χ4v) is 1.96. The molecule has 0 aromatic heterocycles. The number of rotatable bonds is 4. The Morgan fingerprint density at radius 1 is 1.21 bits per heavy atom. The summed E-state index contributed by atoms with van der Waals surface area (Å²) in [7, 11) is 0. The molecule has 14 heavy (non-hydrogen) atoms. The minimum Gasteiger partial charge on any atom is -0.330 e. The fourth-order valence-electron chi connectivity index (χ4n) is 1.96. The van der Waals surface area contributed by atoms with Crippen LogP contribution < -0.4 is 5.73 Å². The van der Waals surface area contributed by atoms with E-state index in [1.165, 1.54) is 30.5 Å². The van der Waals surface area contributed by atoms with Crippen LogP contribution >= 0.6 is 0 Å². The Labute approximate surface area is 84.1 Å². The normalized spacial score (nSPS) is 25.0. The molecule has 0 bridgehead atoms. The summed E-state index contributed by atoms with van der Waals surface area (Å²) in [5.41, 5.74) is 6.79. The summed E-state index contributed by atoms with van der Waals surface area (Å²) in [4.78, 5) is 0. The third-order valence-corrected chi connectivity index (χ3v) is 3.09. The number of nitrogens with two attached hydrogens (primary N) is 1. The molecule has 1 aromatic carbocycles. The Bertz CT molecular complexity index is 294. The van der Waals surface area contributed by atoms with Gasteiger partial charge in [-0.05, 0) is 55.3 Å². The molecule has 1 saturated carbocycles. The monoisotopic (exact) mass is 193 g/mol. The third kappa shape index (κ3) is 2.32. The van der Waals surface area contributed by atoms with E-state index in [1.54, 1.807) is 0 Å². The summed E-state index contributed by atoms with van der Waals surface area (Å²) in [5.74, 6) is 1.43. The first-order valence-corrected chi connectivity index (χ1v) is 5.24. The van der Waals surface area contributed by atoms with Crippen molar-refractivity contribution in [1.82, 2.24) is 0 Å². The van der Waals surface area contributed by atoms with Gasteiger partial charge in [0, 0.05) is 0 Å². The third-order valence-electron chi connectivity index (χ3n) is 3.09. The summed E-state index contributed by atoms with van der Waals surface area (Å²) >= 11 is 0. The summed E-state index contributed by atoms with van der Waals surface area (Å²) in [5, 5.41) is 0. The Morgan fingerprint density at radius 3 is 2.50 bits per heavy atom. The second kappa shape index (κ2) is 4.09. The van der Waals surface area contributed by atoms with Crippen molar-refractivity contribution < 1.29 is 4.39 Å². The molecule has 0 radical (unpaired) electrons. The minimum absolute atomic E-state index is 0.153. The molecule has 1 aliphatic rings. The number of hydrogen-bond donors (Lipinski definition) is 1. The molecule has 0 heterocycles. The molecule has 1 nitrogen and oxygen atoms in total.